The Balaban J connectivity index is 2.38. The number of nitrogens with zero attached hydrogens (tertiary/aromatic N) is 3. The van der Waals surface area contributed by atoms with E-state index in [-0.39, 0.29) is 27.6 Å². The topological polar surface area (TPSA) is 72.4 Å². The summed E-state index contributed by atoms with van der Waals surface area (Å²) in [4.78, 5) is 14.9. The summed E-state index contributed by atoms with van der Waals surface area (Å²) in [6, 6.07) is 10.00. The van der Waals surface area contributed by atoms with E-state index in [9.17, 15) is 4.89 Å². The standard InChI is InChI=1S/C30H55N4O3P3/c1-23(25(24-19-17-16-18-20-24)40(35)36-21-30(14,15)22-37-40)39(32-27(5,6)7)33(28(8,9)10)38(31-26(2,3)4)34(39)29(11,12)13/h16-20,25,31H,1,21-22H2,2-15H3. The van der Waals surface area contributed by atoms with Gasteiger partial charge in [-0.15, -0.1) is 0 Å². The minimum Gasteiger partial charge on any atom is -0.631 e. The zero-order valence-electron chi connectivity index (χ0n) is 27.5. The minimum absolute atomic E-state index is 0.120. The first-order chi connectivity index (χ1) is 17.8. The molecule has 0 saturated carbocycles. The van der Waals surface area contributed by atoms with Crippen LogP contribution in [-0.2, 0) is 9.05 Å². The lowest BCUT2D eigenvalue weighted by Crippen LogP contribution is -2.60. The molecule has 0 aliphatic carbocycles. The molecule has 7 nitrogen and oxygen atoms in total. The highest BCUT2D eigenvalue weighted by Crippen LogP contribution is 2.92. The first-order valence-electron chi connectivity index (χ1n) is 14.3. The predicted octanol–water partition coefficient (Wildman–Crippen LogP) is 9.10. The zero-order chi connectivity index (χ0) is 30.7. The van der Waals surface area contributed by atoms with Gasteiger partial charge in [0.25, 0.3) is 0 Å². The van der Waals surface area contributed by atoms with Crippen LogP contribution in [0.2, 0.25) is 0 Å². The van der Waals surface area contributed by atoms with Gasteiger partial charge in [-0.25, -0.2) is 17.9 Å². The Hall–Kier alpha value is -0.190. The fourth-order valence-corrected chi connectivity index (χ4v) is 17.9. The molecule has 2 saturated heterocycles. The number of allylic oxidation sites excluding steroid dienone is 1. The molecule has 0 aromatic heterocycles. The Labute approximate surface area is 247 Å². The average Bonchev–Trinajstić information content (AvgIpc) is 2.72. The van der Waals surface area contributed by atoms with Gasteiger partial charge in [-0.2, -0.15) is 0 Å². The number of rotatable bonds is 5. The Morgan fingerprint density at radius 1 is 0.950 bits per heavy atom. The van der Waals surface area contributed by atoms with E-state index in [1.165, 1.54) is 0 Å². The van der Waals surface area contributed by atoms with Gasteiger partial charge in [0.05, 0.1) is 5.54 Å². The van der Waals surface area contributed by atoms with E-state index in [1.807, 2.05) is 30.3 Å². The second-order valence-corrected chi connectivity index (χ2v) is 23.0. The molecular formula is C30H55N4O3P3. The highest BCUT2D eigenvalue weighted by atomic mass is 31.3. The second kappa shape index (κ2) is 11.1. The van der Waals surface area contributed by atoms with Crippen LogP contribution in [-0.4, -0.2) is 44.3 Å². The number of nitrogens with one attached hydrogen (secondary N) is 1. The van der Waals surface area contributed by atoms with Gasteiger partial charge in [0.2, 0.25) is 7.94 Å². The molecular weight excluding hydrogens is 557 g/mol. The molecule has 2 aliphatic heterocycles. The van der Waals surface area contributed by atoms with Crippen LogP contribution >= 0.6 is 23.7 Å². The summed E-state index contributed by atoms with van der Waals surface area (Å²) in [5, 5.41) is 4.78. The predicted molar refractivity (Wildman–Crippen MR) is 173 cm³/mol. The molecule has 0 spiro atoms. The van der Waals surface area contributed by atoms with Gasteiger partial charge in [0.15, 0.2) is 5.66 Å². The number of hydrogen-bond donors (Lipinski definition) is 1. The lowest BCUT2D eigenvalue weighted by atomic mass is 9.97. The Morgan fingerprint density at radius 2 is 1.40 bits per heavy atom. The fraction of sp³-hybridized carbons (Fsp3) is 0.733. The molecule has 2 heterocycles. The highest BCUT2D eigenvalue weighted by molar-refractivity contribution is 7.89. The molecule has 228 valence electrons. The van der Waals surface area contributed by atoms with E-state index in [0.29, 0.717) is 13.2 Å². The van der Waals surface area contributed by atoms with Gasteiger partial charge in [0, 0.05) is 32.9 Å². The molecule has 2 aliphatic rings. The van der Waals surface area contributed by atoms with Crippen molar-refractivity contribution in [2.24, 2.45) is 10.2 Å². The van der Waals surface area contributed by atoms with E-state index >= 15 is 0 Å². The fourth-order valence-electron chi connectivity index (χ4n) is 5.09. The van der Waals surface area contributed by atoms with Crippen molar-refractivity contribution in [1.29, 1.82) is 0 Å². The summed E-state index contributed by atoms with van der Waals surface area (Å²) in [5.74, 6) is 0. The normalized spacial score (nSPS) is 27.1. The maximum absolute atomic E-state index is 14.9. The summed E-state index contributed by atoms with van der Waals surface area (Å²) >= 11 is 0. The maximum atomic E-state index is 14.9. The summed E-state index contributed by atoms with van der Waals surface area (Å²) in [6.07, 6.45) is 0. The minimum atomic E-state index is -3.64. The van der Waals surface area contributed by atoms with Crippen LogP contribution in [0.4, 0.5) is 0 Å². The molecule has 1 N–H and O–H groups in total. The van der Waals surface area contributed by atoms with Crippen molar-refractivity contribution in [2.45, 2.75) is 125 Å². The van der Waals surface area contributed by atoms with Crippen molar-refractivity contribution < 1.29 is 13.9 Å². The third-order valence-corrected chi connectivity index (χ3v) is 18.3. The average molecular weight is 613 g/mol. The lowest BCUT2D eigenvalue weighted by Gasteiger charge is -2.69. The molecule has 0 radical (unpaired) electrons. The van der Waals surface area contributed by atoms with Crippen molar-refractivity contribution in [3.05, 3.63) is 47.8 Å². The quantitative estimate of drug-likeness (QED) is 0.335. The molecule has 1 aromatic rings. The van der Waals surface area contributed by atoms with Crippen molar-refractivity contribution in [3.63, 3.8) is 0 Å². The summed E-state index contributed by atoms with van der Waals surface area (Å²) in [6.45, 7) is 36.3. The first-order valence-corrected chi connectivity index (χ1v) is 18.8. The third kappa shape index (κ3) is 7.12. The second-order valence-electron chi connectivity index (χ2n) is 16.0. The molecule has 1 atom stereocenters. The van der Waals surface area contributed by atoms with Crippen LogP contribution in [0.3, 0.4) is 0 Å². The van der Waals surface area contributed by atoms with Crippen LogP contribution in [0.1, 0.15) is 108 Å². The summed E-state index contributed by atoms with van der Waals surface area (Å²) in [7, 11) is -7.32. The molecule has 0 bridgehead atoms. The molecule has 2 fully saturated rings. The Bertz CT molecular complexity index is 1090. The smallest absolute Gasteiger partial charge is 0.249 e. The maximum Gasteiger partial charge on any atom is 0.249 e. The van der Waals surface area contributed by atoms with Gasteiger partial charge in [-0.05, 0) is 83.1 Å². The van der Waals surface area contributed by atoms with Crippen molar-refractivity contribution in [1.82, 2.24) is 14.0 Å². The van der Waals surface area contributed by atoms with Gasteiger partial charge < -0.3 is 4.89 Å². The van der Waals surface area contributed by atoms with Crippen molar-refractivity contribution >= 4 is 23.7 Å². The largest absolute Gasteiger partial charge is 0.631 e. The molecule has 1 aromatic carbocycles. The molecule has 10 heteroatoms. The molecule has 1 unspecified atom stereocenters. The zero-order valence-corrected chi connectivity index (χ0v) is 30.2. The van der Waals surface area contributed by atoms with E-state index in [2.05, 4.69) is 111 Å². The molecule has 40 heavy (non-hydrogen) atoms. The number of hydrogen-bond acceptors (Lipinski definition) is 5. The van der Waals surface area contributed by atoms with Gasteiger partial charge >= 0.3 is 0 Å². The summed E-state index contributed by atoms with van der Waals surface area (Å²) < 4.78 is 23.4. The first kappa shape index (κ1) is 34.3. The third-order valence-electron chi connectivity index (χ3n) is 6.37. The van der Waals surface area contributed by atoms with Gasteiger partial charge in [-0.3, -0.25) is 9.83 Å². The SMILES string of the molecule is C=C(C(c1ccccc1)[P+]1([O-])OCC(C)(C)CO1)P1(=NC(C)(C)C)N(C(C)(C)C)P(NC(C)(C)C)N1C(C)(C)C. The van der Waals surface area contributed by atoms with Crippen molar-refractivity contribution in [2.75, 3.05) is 13.2 Å². The van der Waals surface area contributed by atoms with Gasteiger partial charge in [0.1, 0.15) is 28.9 Å². The number of benzene rings is 1. The highest BCUT2D eigenvalue weighted by Gasteiger charge is 2.67. The Morgan fingerprint density at radius 3 is 1.77 bits per heavy atom. The van der Waals surface area contributed by atoms with Crippen LogP contribution in [0.15, 0.2) is 47.0 Å². The monoisotopic (exact) mass is 612 g/mol. The summed E-state index contributed by atoms with van der Waals surface area (Å²) in [5.41, 5.74) is -0.960. The van der Waals surface area contributed by atoms with Crippen LogP contribution in [0.5, 0.6) is 0 Å². The van der Waals surface area contributed by atoms with Crippen LogP contribution in [0.25, 0.3) is 0 Å². The Kier molecular flexibility index (Phi) is 9.49. The van der Waals surface area contributed by atoms with Gasteiger partial charge in [-0.1, -0.05) is 50.8 Å². The van der Waals surface area contributed by atoms with E-state index in [0.717, 1.165) is 10.9 Å². The van der Waals surface area contributed by atoms with E-state index in [4.69, 9.17) is 20.4 Å². The molecule has 0 amide bonds. The van der Waals surface area contributed by atoms with E-state index < -0.39 is 29.3 Å². The molecule has 3 rings (SSSR count). The van der Waals surface area contributed by atoms with Crippen LogP contribution in [0, 0.1) is 5.41 Å². The van der Waals surface area contributed by atoms with Crippen molar-refractivity contribution in [3.8, 4) is 0 Å². The lowest BCUT2D eigenvalue weighted by molar-refractivity contribution is -0.235. The van der Waals surface area contributed by atoms with E-state index in [1.54, 1.807) is 0 Å². The van der Waals surface area contributed by atoms with Crippen LogP contribution < -0.4 is 9.98 Å².